The number of nitrogens with zero attached hydrogens (tertiary/aromatic N) is 6. The number of halogens is 1. The van der Waals surface area contributed by atoms with Crippen LogP contribution in [-0.2, 0) is 0 Å². The second kappa shape index (κ2) is 6.59. The van der Waals surface area contributed by atoms with Crippen LogP contribution in [0.1, 0.15) is 13.3 Å². The van der Waals surface area contributed by atoms with E-state index in [9.17, 15) is 0 Å². The molecule has 126 valence electrons. The standard InChI is InChI=1S/C15H23N7.ClH/c1-15(2-3-16-10-15)11-20-4-6-21(7-5-20)14-9-17-8-13-18-12-19-22(13)14;/h8-9,12,16H,2-7,10-11H2,1H3;1H. The quantitative estimate of drug-likeness (QED) is 0.888. The average Bonchev–Trinajstić information content (AvgIpc) is 3.16. The first-order valence-corrected chi connectivity index (χ1v) is 8.05. The maximum atomic E-state index is 4.31. The SMILES string of the molecule is CC1(CN2CCN(c3cncc4ncnn34)CC2)CCNC1.Cl. The molecule has 0 spiro atoms. The van der Waals surface area contributed by atoms with E-state index in [1.807, 2.05) is 10.7 Å². The molecule has 0 radical (unpaired) electrons. The number of fused-ring (bicyclic) bond motifs is 1. The number of nitrogens with one attached hydrogen (secondary N) is 1. The maximum Gasteiger partial charge on any atom is 0.175 e. The number of anilines is 1. The Balaban J connectivity index is 0.00000156. The van der Waals surface area contributed by atoms with Gasteiger partial charge in [0.1, 0.15) is 6.33 Å². The summed E-state index contributed by atoms with van der Waals surface area (Å²) in [5.41, 5.74) is 1.25. The Kier molecular flexibility index (Phi) is 4.70. The highest BCUT2D eigenvalue weighted by molar-refractivity contribution is 5.85. The van der Waals surface area contributed by atoms with Gasteiger partial charge in [-0.25, -0.2) is 4.98 Å². The number of hydrogen-bond acceptors (Lipinski definition) is 6. The molecule has 2 aliphatic rings. The van der Waals surface area contributed by atoms with Gasteiger partial charge in [-0.3, -0.25) is 9.88 Å². The molecule has 4 heterocycles. The molecule has 0 amide bonds. The van der Waals surface area contributed by atoms with Crippen LogP contribution >= 0.6 is 12.4 Å². The lowest BCUT2D eigenvalue weighted by Crippen LogP contribution is -2.50. The van der Waals surface area contributed by atoms with E-state index < -0.39 is 0 Å². The summed E-state index contributed by atoms with van der Waals surface area (Å²) in [4.78, 5) is 13.5. The molecule has 8 heteroatoms. The van der Waals surface area contributed by atoms with Gasteiger partial charge in [0.25, 0.3) is 0 Å². The molecule has 23 heavy (non-hydrogen) atoms. The lowest BCUT2D eigenvalue weighted by molar-refractivity contribution is 0.169. The van der Waals surface area contributed by atoms with Crippen molar-refractivity contribution in [3.63, 3.8) is 0 Å². The van der Waals surface area contributed by atoms with Gasteiger partial charge in [-0.05, 0) is 18.4 Å². The van der Waals surface area contributed by atoms with E-state index >= 15 is 0 Å². The third-order valence-corrected chi connectivity index (χ3v) is 4.93. The highest BCUT2D eigenvalue weighted by Crippen LogP contribution is 2.26. The first-order valence-electron chi connectivity index (χ1n) is 8.05. The van der Waals surface area contributed by atoms with E-state index in [1.165, 1.54) is 13.0 Å². The molecule has 2 saturated heterocycles. The third-order valence-electron chi connectivity index (χ3n) is 4.93. The Hall–Kier alpha value is -1.44. The number of aromatic nitrogens is 4. The Morgan fingerprint density at radius 1 is 1.22 bits per heavy atom. The van der Waals surface area contributed by atoms with Gasteiger partial charge in [-0.1, -0.05) is 6.92 Å². The minimum atomic E-state index is 0. The molecule has 1 unspecified atom stereocenters. The van der Waals surface area contributed by atoms with Gasteiger partial charge in [-0.15, -0.1) is 12.4 Å². The fraction of sp³-hybridized carbons (Fsp3) is 0.667. The number of piperazine rings is 1. The molecule has 2 aromatic rings. The van der Waals surface area contributed by atoms with Crippen molar-refractivity contribution in [1.29, 1.82) is 0 Å². The van der Waals surface area contributed by atoms with Crippen molar-refractivity contribution in [2.45, 2.75) is 13.3 Å². The van der Waals surface area contributed by atoms with Crippen LogP contribution in [0.3, 0.4) is 0 Å². The van der Waals surface area contributed by atoms with Gasteiger partial charge in [-0.2, -0.15) is 9.61 Å². The average molecular weight is 338 g/mol. The second-order valence-electron chi connectivity index (χ2n) is 6.80. The second-order valence-corrected chi connectivity index (χ2v) is 6.80. The Morgan fingerprint density at radius 2 is 2.04 bits per heavy atom. The molecule has 1 atom stereocenters. The molecule has 7 nitrogen and oxygen atoms in total. The van der Waals surface area contributed by atoms with E-state index in [0.717, 1.165) is 50.7 Å². The molecule has 0 saturated carbocycles. The summed E-state index contributed by atoms with van der Waals surface area (Å²) in [6.07, 6.45) is 6.51. The Labute approximate surface area is 142 Å². The normalized spacial score (nSPS) is 25.7. The van der Waals surface area contributed by atoms with Crippen LogP contribution < -0.4 is 10.2 Å². The fourth-order valence-corrected chi connectivity index (χ4v) is 3.63. The van der Waals surface area contributed by atoms with Gasteiger partial charge in [0.2, 0.25) is 0 Å². The van der Waals surface area contributed by atoms with E-state index in [2.05, 4.69) is 37.1 Å². The van der Waals surface area contributed by atoms with Crippen molar-refractivity contribution in [3.8, 4) is 0 Å². The molecule has 2 fully saturated rings. The summed E-state index contributed by atoms with van der Waals surface area (Å²) in [6.45, 7) is 10.1. The summed E-state index contributed by atoms with van der Waals surface area (Å²) in [7, 11) is 0. The summed E-state index contributed by atoms with van der Waals surface area (Å²) in [6, 6.07) is 0. The van der Waals surface area contributed by atoms with Gasteiger partial charge in [0.15, 0.2) is 11.5 Å². The summed E-state index contributed by atoms with van der Waals surface area (Å²) >= 11 is 0. The van der Waals surface area contributed by atoms with Crippen LogP contribution in [0.25, 0.3) is 5.65 Å². The molecule has 4 rings (SSSR count). The predicted octanol–water partition coefficient (Wildman–Crippen LogP) is 0.668. The van der Waals surface area contributed by atoms with Crippen LogP contribution in [0.15, 0.2) is 18.7 Å². The van der Waals surface area contributed by atoms with Crippen molar-refractivity contribution in [2.24, 2.45) is 5.41 Å². The van der Waals surface area contributed by atoms with Crippen molar-refractivity contribution in [2.75, 3.05) is 50.7 Å². The summed E-state index contributed by atoms with van der Waals surface area (Å²) < 4.78 is 1.88. The van der Waals surface area contributed by atoms with Crippen molar-refractivity contribution < 1.29 is 0 Å². The van der Waals surface area contributed by atoms with Crippen molar-refractivity contribution >= 4 is 23.9 Å². The van der Waals surface area contributed by atoms with Gasteiger partial charge >= 0.3 is 0 Å². The van der Waals surface area contributed by atoms with E-state index in [1.54, 1.807) is 12.5 Å². The van der Waals surface area contributed by atoms with Crippen LogP contribution in [0.2, 0.25) is 0 Å². The van der Waals surface area contributed by atoms with Gasteiger partial charge in [0, 0.05) is 39.3 Å². The van der Waals surface area contributed by atoms with Crippen molar-refractivity contribution in [3.05, 3.63) is 18.7 Å². The maximum absolute atomic E-state index is 4.31. The Bertz CT molecular complexity index is 644. The minimum absolute atomic E-state index is 0. The highest BCUT2D eigenvalue weighted by atomic mass is 35.5. The lowest BCUT2D eigenvalue weighted by Gasteiger charge is -2.39. The largest absolute Gasteiger partial charge is 0.353 e. The molecule has 0 bridgehead atoms. The molecule has 2 aliphatic heterocycles. The minimum Gasteiger partial charge on any atom is -0.353 e. The van der Waals surface area contributed by atoms with Crippen LogP contribution in [0.4, 0.5) is 5.82 Å². The zero-order valence-corrected chi connectivity index (χ0v) is 14.3. The predicted molar refractivity (Wildman–Crippen MR) is 92.3 cm³/mol. The molecule has 1 N–H and O–H groups in total. The molecular formula is C15H24ClN7. The van der Waals surface area contributed by atoms with E-state index in [0.29, 0.717) is 5.41 Å². The molecular weight excluding hydrogens is 314 g/mol. The van der Waals surface area contributed by atoms with Crippen LogP contribution in [0, 0.1) is 5.41 Å². The molecule has 0 aliphatic carbocycles. The van der Waals surface area contributed by atoms with E-state index in [4.69, 9.17) is 0 Å². The Morgan fingerprint density at radius 3 is 2.78 bits per heavy atom. The van der Waals surface area contributed by atoms with Crippen LogP contribution in [0.5, 0.6) is 0 Å². The molecule has 2 aromatic heterocycles. The monoisotopic (exact) mass is 337 g/mol. The topological polar surface area (TPSA) is 61.6 Å². The first kappa shape index (κ1) is 16.4. The summed E-state index contributed by atoms with van der Waals surface area (Å²) in [5, 5.41) is 7.80. The third kappa shape index (κ3) is 3.27. The van der Waals surface area contributed by atoms with Gasteiger partial charge < -0.3 is 10.2 Å². The fourth-order valence-electron chi connectivity index (χ4n) is 3.63. The number of rotatable bonds is 3. The zero-order valence-electron chi connectivity index (χ0n) is 13.5. The van der Waals surface area contributed by atoms with Gasteiger partial charge in [0.05, 0.1) is 12.4 Å². The summed E-state index contributed by atoms with van der Waals surface area (Å²) in [5.74, 6) is 1.04. The highest BCUT2D eigenvalue weighted by Gasteiger charge is 2.32. The molecule has 0 aromatic carbocycles. The van der Waals surface area contributed by atoms with E-state index in [-0.39, 0.29) is 12.4 Å². The zero-order chi connectivity index (χ0) is 15.0. The smallest absolute Gasteiger partial charge is 0.175 e. The first-order chi connectivity index (χ1) is 10.7. The lowest BCUT2D eigenvalue weighted by atomic mass is 9.89. The number of hydrogen-bond donors (Lipinski definition) is 1. The van der Waals surface area contributed by atoms with Crippen LogP contribution in [-0.4, -0.2) is 70.3 Å². The van der Waals surface area contributed by atoms with Crippen molar-refractivity contribution in [1.82, 2.24) is 29.8 Å².